The number of hydrogen-bond acceptors (Lipinski definition) is 5. The van der Waals surface area contributed by atoms with Crippen molar-refractivity contribution in [3.8, 4) is 0 Å². The summed E-state index contributed by atoms with van der Waals surface area (Å²) in [5.41, 5.74) is 1.93. The van der Waals surface area contributed by atoms with E-state index < -0.39 is 6.29 Å². The zero-order chi connectivity index (χ0) is 18.1. The second-order valence-electron chi connectivity index (χ2n) is 6.06. The molecule has 4 rings (SSSR count). The van der Waals surface area contributed by atoms with E-state index in [-0.39, 0.29) is 11.5 Å². The van der Waals surface area contributed by atoms with Crippen LogP contribution in [0.4, 0.5) is 5.69 Å². The molecule has 0 unspecified atom stereocenters. The third-order valence-electron chi connectivity index (χ3n) is 4.41. The van der Waals surface area contributed by atoms with E-state index in [1.165, 1.54) is 6.26 Å². The third kappa shape index (κ3) is 3.16. The first kappa shape index (κ1) is 17.3. The first-order chi connectivity index (χ1) is 12.7. The number of nitrogens with zero attached hydrogens (tertiary/aromatic N) is 1. The smallest absolute Gasteiger partial charge is 0.198 e. The van der Waals surface area contributed by atoms with Gasteiger partial charge in [-0.25, -0.2) is 9.90 Å². The van der Waals surface area contributed by atoms with Gasteiger partial charge in [-0.2, -0.15) is 0 Å². The first-order valence-electron chi connectivity index (χ1n) is 8.51. The molecule has 0 saturated carbocycles. The molecule has 0 spiro atoms. The van der Waals surface area contributed by atoms with Crippen molar-refractivity contribution in [2.75, 3.05) is 11.7 Å². The summed E-state index contributed by atoms with van der Waals surface area (Å²) in [6, 6.07) is 14.8. The van der Waals surface area contributed by atoms with Gasteiger partial charge in [0.1, 0.15) is 11.8 Å². The summed E-state index contributed by atoms with van der Waals surface area (Å²) in [6.45, 7) is 2.46. The predicted molar refractivity (Wildman–Crippen MR) is 103 cm³/mol. The first-order valence-corrected chi connectivity index (χ1v) is 9.30. The SMILES string of the molecule is CCO[C@H]1C[C@@H](c2coc3ccc(Br)cc3c2=O)N(c2ccccc2)O1. The molecule has 2 heterocycles. The molecule has 0 aliphatic carbocycles. The lowest BCUT2D eigenvalue weighted by Gasteiger charge is -2.24. The molecule has 0 bridgehead atoms. The molecule has 1 saturated heterocycles. The average Bonchev–Trinajstić information content (AvgIpc) is 3.07. The average molecular weight is 416 g/mol. The van der Waals surface area contributed by atoms with Gasteiger partial charge in [0, 0.05) is 17.5 Å². The van der Waals surface area contributed by atoms with Crippen molar-refractivity contribution < 1.29 is 14.0 Å². The van der Waals surface area contributed by atoms with Crippen LogP contribution in [-0.2, 0) is 9.57 Å². The topological polar surface area (TPSA) is 51.9 Å². The largest absolute Gasteiger partial charge is 0.464 e. The zero-order valence-corrected chi connectivity index (χ0v) is 15.8. The number of ether oxygens (including phenoxy) is 1. The van der Waals surface area contributed by atoms with E-state index in [4.69, 9.17) is 14.0 Å². The molecule has 1 fully saturated rings. The van der Waals surface area contributed by atoms with Crippen LogP contribution in [0.1, 0.15) is 24.9 Å². The van der Waals surface area contributed by atoms with E-state index in [0.717, 1.165) is 10.2 Å². The molecule has 26 heavy (non-hydrogen) atoms. The van der Waals surface area contributed by atoms with Gasteiger partial charge in [0.05, 0.1) is 22.7 Å². The molecule has 134 valence electrons. The van der Waals surface area contributed by atoms with Gasteiger partial charge < -0.3 is 9.15 Å². The van der Waals surface area contributed by atoms with Crippen LogP contribution in [0.3, 0.4) is 0 Å². The molecule has 3 aromatic rings. The maximum atomic E-state index is 13.1. The van der Waals surface area contributed by atoms with Crippen LogP contribution < -0.4 is 10.5 Å². The Hall–Kier alpha value is -2.15. The minimum Gasteiger partial charge on any atom is -0.464 e. The Morgan fingerprint density at radius 2 is 2.04 bits per heavy atom. The van der Waals surface area contributed by atoms with Gasteiger partial charge in [-0.3, -0.25) is 4.79 Å². The van der Waals surface area contributed by atoms with Gasteiger partial charge in [-0.1, -0.05) is 34.1 Å². The molecule has 2 atom stereocenters. The molecular weight excluding hydrogens is 398 g/mol. The molecule has 1 aromatic heterocycles. The molecule has 1 aliphatic rings. The maximum absolute atomic E-state index is 13.1. The fraction of sp³-hybridized carbons (Fsp3) is 0.250. The minimum absolute atomic E-state index is 0.0563. The van der Waals surface area contributed by atoms with Crippen molar-refractivity contribution in [2.24, 2.45) is 0 Å². The number of para-hydroxylation sites is 1. The van der Waals surface area contributed by atoms with Crippen molar-refractivity contribution in [3.63, 3.8) is 0 Å². The summed E-state index contributed by atoms with van der Waals surface area (Å²) in [5, 5.41) is 2.29. The fourth-order valence-corrected chi connectivity index (χ4v) is 3.58. The highest BCUT2D eigenvalue weighted by Crippen LogP contribution is 2.37. The van der Waals surface area contributed by atoms with Crippen LogP contribution in [0, 0.1) is 0 Å². The van der Waals surface area contributed by atoms with Gasteiger partial charge in [0.15, 0.2) is 11.7 Å². The normalized spacial score (nSPS) is 20.0. The van der Waals surface area contributed by atoms with Gasteiger partial charge in [0.25, 0.3) is 0 Å². The van der Waals surface area contributed by atoms with Crippen molar-refractivity contribution >= 4 is 32.6 Å². The van der Waals surface area contributed by atoms with E-state index in [2.05, 4.69) is 15.9 Å². The summed E-state index contributed by atoms with van der Waals surface area (Å²) < 4.78 is 12.2. The summed E-state index contributed by atoms with van der Waals surface area (Å²) in [7, 11) is 0. The van der Waals surface area contributed by atoms with Crippen molar-refractivity contribution in [1.29, 1.82) is 0 Å². The van der Waals surface area contributed by atoms with Gasteiger partial charge in [0.2, 0.25) is 0 Å². The van der Waals surface area contributed by atoms with Crippen LogP contribution in [0.2, 0.25) is 0 Å². The fourth-order valence-electron chi connectivity index (χ4n) is 3.22. The van der Waals surface area contributed by atoms with Crippen molar-refractivity contribution in [1.82, 2.24) is 0 Å². The Bertz CT molecular complexity index is 972. The number of anilines is 1. The summed E-state index contributed by atoms with van der Waals surface area (Å²) >= 11 is 3.42. The Kier molecular flexibility index (Phi) is 4.80. The number of fused-ring (bicyclic) bond motifs is 1. The highest BCUT2D eigenvalue weighted by Gasteiger charge is 2.37. The molecule has 2 aromatic carbocycles. The summed E-state index contributed by atoms with van der Waals surface area (Å²) in [5.74, 6) is 0. The molecule has 0 N–H and O–H groups in total. The van der Waals surface area contributed by atoms with Gasteiger partial charge in [-0.15, -0.1) is 0 Å². The molecule has 0 amide bonds. The second-order valence-corrected chi connectivity index (χ2v) is 6.98. The lowest BCUT2D eigenvalue weighted by molar-refractivity contribution is -0.115. The molecule has 0 radical (unpaired) electrons. The van der Waals surface area contributed by atoms with Crippen LogP contribution in [0.15, 0.2) is 68.5 Å². The number of hydrogen-bond donors (Lipinski definition) is 0. The minimum atomic E-state index is -0.400. The standard InChI is InChI=1S/C20H18BrNO4/c1-2-24-19-11-17(22(26-19)14-6-4-3-5-7-14)16-12-25-18-9-8-13(21)10-15(18)20(16)23/h3-10,12,17,19H,2,11H2,1H3/t17-,19+/m0/s1. The van der Waals surface area contributed by atoms with E-state index >= 15 is 0 Å². The van der Waals surface area contributed by atoms with Crippen LogP contribution in [-0.4, -0.2) is 12.9 Å². The van der Waals surface area contributed by atoms with E-state index in [1.54, 1.807) is 17.2 Å². The number of hydroxylamine groups is 1. The monoisotopic (exact) mass is 415 g/mol. The zero-order valence-electron chi connectivity index (χ0n) is 14.2. The van der Waals surface area contributed by atoms with E-state index in [1.807, 2.05) is 43.3 Å². The Morgan fingerprint density at radius 1 is 1.23 bits per heavy atom. The Balaban J connectivity index is 1.80. The third-order valence-corrected chi connectivity index (χ3v) is 4.91. The Morgan fingerprint density at radius 3 is 2.81 bits per heavy atom. The number of halogens is 1. The summed E-state index contributed by atoms with van der Waals surface area (Å²) in [6.07, 6.45) is 1.69. The van der Waals surface area contributed by atoms with Gasteiger partial charge >= 0.3 is 0 Å². The van der Waals surface area contributed by atoms with Crippen LogP contribution in [0.5, 0.6) is 0 Å². The highest BCUT2D eigenvalue weighted by atomic mass is 79.9. The lowest BCUT2D eigenvalue weighted by Crippen LogP contribution is -2.26. The molecule has 5 nitrogen and oxygen atoms in total. The van der Waals surface area contributed by atoms with Crippen LogP contribution >= 0.6 is 15.9 Å². The lowest BCUT2D eigenvalue weighted by atomic mass is 10.0. The highest BCUT2D eigenvalue weighted by molar-refractivity contribution is 9.10. The Labute approximate surface area is 159 Å². The maximum Gasteiger partial charge on any atom is 0.198 e. The summed E-state index contributed by atoms with van der Waals surface area (Å²) in [4.78, 5) is 19.1. The van der Waals surface area contributed by atoms with E-state index in [0.29, 0.717) is 29.6 Å². The molecule has 6 heteroatoms. The molecular formula is C20H18BrNO4. The quantitative estimate of drug-likeness (QED) is 0.612. The number of benzene rings is 2. The van der Waals surface area contributed by atoms with Crippen LogP contribution in [0.25, 0.3) is 11.0 Å². The number of rotatable bonds is 4. The predicted octanol–water partition coefficient (Wildman–Crippen LogP) is 4.80. The second kappa shape index (κ2) is 7.23. The van der Waals surface area contributed by atoms with Crippen molar-refractivity contribution in [2.45, 2.75) is 25.7 Å². The van der Waals surface area contributed by atoms with Crippen molar-refractivity contribution in [3.05, 3.63) is 75.1 Å². The van der Waals surface area contributed by atoms with Gasteiger partial charge in [-0.05, 0) is 37.3 Å². The molecule has 1 aliphatic heterocycles. The van der Waals surface area contributed by atoms with E-state index in [9.17, 15) is 4.79 Å².